The van der Waals surface area contributed by atoms with Gasteiger partial charge in [-0.05, 0) is 76.0 Å². The van der Waals surface area contributed by atoms with Crippen molar-refractivity contribution in [2.24, 2.45) is 11.3 Å². The van der Waals surface area contributed by atoms with Crippen LogP contribution in [0.2, 0.25) is 0 Å². The van der Waals surface area contributed by atoms with Crippen LogP contribution < -0.4 is 10.6 Å². The average molecular weight is 542 g/mol. The Labute approximate surface area is 235 Å². The van der Waals surface area contributed by atoms with Crippen molar-refractivity contribution in [3.63, 3.8) is 0 Å². The van der Waals surface area contributed by atoms with E-state index in [-0.39, 0.29) is 17.7 Å². The maximum atomic E-state index is 13.5. The summed E-state index contributed by atoms with van der Waals surface area (Å²) < 4.78 is 27.0. The first kappa shape index (κ1) is 29.8. The third-order valence-corrected chi connectivity index (χ3v) is 8.92. The van der Waals surface area contributed by atoms with Gasteiger partial charge < -0.3 is 5.32 Å². The minimum absolute atomic E-state index is 0.0370. The molecule has 1 saturated carbocycles. The Bertz CT molecular complexity index is 988. The van der Waals surface area contributed by atoms with Crippen molar-refractivity contribution in [2.75, 3.05) is 26.8 Å². The number of likely N-dealkylation sites (tertiary alicyclic amines) is 1. The summed E-state index contributed by atoms with van der Waals surface area (Å²) in [5.74, 6) is 0.685. The first-order valence-electron chi connectivity index (χ1n) is 14.7. The van der Waals surface area contributed by atoms with Gasteiger partial charge in [0.05, 0.1) is 6.67 Å². The molecule has 3 aliphatic rings. The number of rotatable bonds is 15. The van der Waals surface area contributed by atoms with Crippen LogP contribution in [0, 0.1) is 11.3 Å². The standard InChI is InChI=1S/C32H49F2N5/c1-25-22-31(3,4)38(23-25)24-36-29(13-9-10-26(2)35-20-15-27-11-7-6-8-12-27)39-21-16-28(37(39)5)14-17-32(18-19-32)30(33)34/h6-9,11-13,16,21,25,28-30,35-36H,2,10,14-15,17-20,22-24H2,1,3-5H3/b13-9-. The van der Waals surface area contributed by atoms with E-state index in [1.54, 1.807) is 0 Å². The normalized spacial score (nSPS) is 25.2. The number of likely N-dealkylation sites (N-methyl/N-ethyl adjacent to an activating group) is 1. The first-order chi connectivity index (χ1) is 18.6. The predicted octanol–water partition coefficient (Wildman–Crippen LogP) is 6.14. The van der Waals surface area contributed by atoms with E-state index in [9.17, 15) is 8.78 Å². The van der Waals surface area contributed by atoms with Crippen LogP contribution >= 0.6 is 0 Å². The number of nitrogens with zero attached hydrogens (tertiary/aromatic N) is 3. The second-order valence-electron chi connectivity index (χ2n) is 12.6. The number of hydrogen-bond acceptors (Lipinski definition) is 5. The van der Waals surface area contributed by atoms with Crippen molar-refractivity contribution in [3.05, 3.63) is 72.6 Å². The molecule has 0 aromatic heterocycles. The van der Waals surface area contributed by atoms with Crippen LogP contribution in [0.4, 0.5) is 8.78 Å². The van der Waals surface area contributed by atoms with Crippen molar-refractivity contribution in [3.8, 4) is 0 Å². The van der Waals surface area contributed by atoms with Gasteiger partial charge in [-0.25, -0.2) is 13.8 Å². The molecule has 0 bridgehead atoms. The highest BCUT2D eigenvalue weighted by molar-refractivity contribution is 5.15. The SMILES string of the molecule is C=C(C/C=C\C(NCN1CC(C)CC1(C)C)N1C=CC(CCC2(C(F)F)CC2)N1C)NCCc1ccccc1. The molecule has 0 radical (unpaired) electrons. The Morgan fingerprint density at radius 3 is 2.59 bits per heavy atom. The Morgan fingerprint density at radius 2 is 1.95 bits per heavy atom. The lowest BCUT2D eigenvalue weighted by molar-refractivity contribution is -0.00608. The second-order valence-corrected chi connectivity index (χ2v) is 12.6. The monoisotopic (exact) mass is 541 g/mol. The summed E-state index contributed by atoms with van der Waals surface area (Å²) in [4.78, 5) is 2.53. The van der Waals surface area contributed by atoms with Gasteiger partial charge in [0.1, 0.15) is 6.17 Å². The van der Waals surface area contributed by atoms with E-state index in [0.717, 1.165) is 44.7 Å². The lowest BCUT2D eigenvalue weighted by atomic mass is 9.97. The molecule has 3 atom stereocenters. The summed E-state index contributed by atoms with van der Waals surface area (Å²) in [5.41, 5.74) is 1.75. The van der Waals surface area contributed by atoms with Crippen LogP contribution in [0.25, 0.3) is 0 Å². The number of halogens is 2. The molecular formula is C32H49F2N5. The Balaban J connectivity index is 1.33. The highest BCUT2D eigenvalue weighted by Crippen LogP contribution is 2.54. The Kier molecular flexibility index (Phi) is 9.89. The van der Waals surface area contributed by atoms with Crippen molar-refractivity contribution in [1.29, 1.82) is 0 Å². The predicted molar refractivity (Wildman–Crippen MR) is 157 cm³/mol. The number of hydrogen-bond donors (Lipinski definition) is 2. The van der Waals surface area contributed by atoms with Crippen molar-refractivity contribution in [1.82, 2.24) is 25.6 Å². The fourth-order valence-electron chi connectivity index (χ4n) is 6.18. The summed E-state index contributed by atoms with van der Waals surface area (Å²) in [6.45, 7) is 13.9. The zero-order valence-electron chi connectivity index (χ0n) is 24.4. The molecule has 1 aromatic rings. The minimum atomic E-state index is -2.21. The number of nitrogens with one attached hydrogen (secondary N) is 2. The van der Waals surface area contributed by atoms with Crippen LogP contribution in [0.5, 0.6) is 0 Å². The molecule has 3 unspecified atom stereocenters. The average Bonchev–Trinajstić information content (AvgIpc) is 3.53. The maximum absolute atomic E-state index is 13.5. The molecule has 39 heavy (non-hydrogen) atoms. The Hall–Kier alpha value is -2.22. The van der Waals surface area contributed by atoms with E-state index >= 15 is 0 Å². The summed E-state index contributed by atoms with van der Waals surface area (Å²) in [6.07, 6.45) is 12.0. The van der Waals surface area contributed by atoms with E-state index in [2.05, 4.69) is 109 Å². The molecule has 1 aliphatic carbocycles. The fourth-order valence-corrected chi connectivity index (χ4v) is 6.18. The van der Waals surface area contributed by atoms with Crippen LogP contribution in [0.15, 0.2) is 67.0 Å². The molecule has 2 heterocycles. The quantitative estimate of drug-likeness (QED) is 0.261. The van der Waals surface area contributed by atoms with Crippen LogP contribution in [0.1, 0.15) is 64.9 Å². The van der Waals surface area contributed by atoms with Gasteiger partial charge in [0.25, 0.3) is 0 Å². The van der Waals surface area contributed by atoms with E-state index in [4.69, 9.17) is 0 Å². The molecule has 1 aromatic carbocycles. The van der Waals surface area contributed by atoms with Gasteiger partial charge >= 0.3 is 0 Å². The topological polar surface area (TPSA) is 33.8 Å². The van der Waals surface area contributed by atoms with Gasteiger partial charge in [0.15, 0.2) is 0 Å². The molecule has 5 nitrogen and oxygen atoms in total. The van der Waals surface area contributed by atoms with E-state index in [1.165, 1.54) is 12.0 Å². The van der Waals surface area contributed by atoms with Gasteiger partial charge in [-0.15, -0.1) is 0 Å². The molecule has 216 valence electrons. The molecular weight excluding hydrogens is 492 g/mol. The van der Waals surface area contributed by atoms with Gasteiger partial charge in [-0.1, -0.05) is 49.9 Å². The van der Waals surface area contributed by atoms with E-state index < -0.39 is 11.8 Å². The minimum Gasteiger partial charge on any atom is -0.388 e. The fraction of sp³-hybridized carbons (Fsp3) is 0.625. The first-order valence-corrected chi connectivity index (χ1v) is 14.7. The third-order valence-electron chi connectivity index (χ3n) is 8.92. The van der Waals surface area contributed by atoms with Gasteiger partial charge in [0.2, 0.25) is 6.43 Å². The number of allylic oxidation sites excluding steroid dienone is 1. The van der Waals surface area contributed by atoms with E-state index in [1.807, 2.05) is 6.07 Å². The van der Waals surface area contributed by atoms with Crippen LogP contribution in [-0.2, 0) is 6.42 Å². The van der Waals surface area contributed by atoms with Crippen molar-refractivity contribution >= 4 is 0 Å². The number of benzene rings is 1. The zero-order valence-corrected chi connectivity index (χ0v) is 24.4. The largest absolute Gasteiger partial charge is 0.388 e. The summed E-state index contributed by atoms with van der Waals surface area (Å²) in [6, 6.07) is 10.6. The molecule has 2 N–H and O–H groups in total. The summed E-state index contributed by atoms with van der Waals surface area (Å²) >= 11 is 0. The summed E-state index contributed by atoms with van der Waals surface area (Å²) in [7, 11) is 2.07. The van der Waals surface area contributed by atoms with Gasteiger partial charge in [-0.3, -0.25) is 15.2 Å². The Morgan fingerprint density at radius 1 is 1.21 bits per heavy atom. The summed E-state index contributed by atoms with van der Waals surface area (Å²) in [5, 5.41) is 11.6. The van der Waals surface area contributed by atoms with E-state index in [0.29, 0.717) is 25.2 Å². The smallest absolute Gasteiger partial charge is 0.244 e. The number of hydrazine groups is 1. The lowest BCUT2D eigenvalue weighted by Gasteiger charge is -2.38. The maximum Gasteiger partial charge on any atom is 0.244 e. The number of alkyl halides is 2. The van der Waals surface area contributed by atoms with Crippen LogP contribution in [0.3, 0.4) is 0 Å². The molecule has 2 aliphatic heterocycles. The lowest BCUT2D eigenvalue weighted by Crippen LogP contribution is -2.53. The van der Waals surface area contributed by atoms with Gasteiger partial charge in [0, 0.05) is 55.5 Å². The van der Waals surface area contributed by atoms with Crippen molar-refractivity contribution < 1.29 is 8.78 Å². The molecule has 1 saturated heterocycles. The molecule has 7 heteroatoms. The van der Waals surface area contributed by atoms with Crippen molar-refractivity contribution in [2.45, 2.75) is 89.9 Å². The molecule has 0 amide bonds. The molecule has 0 spiro atoms. The highest BCUT2D eigenvalue weighted by atomic mass is 19.3. The van der Waals surface area contributed by atoms with Crippen LogP contribution in [-0.4, -0.2) is 65.9 Å². The second kappa shape index (κ2) is 13.0. The third kappa shape index (κ3) is 7.92. The molecule has 4 rings (SSSR count). The zero-order chi connectivity index (χ0) is 28.0. The van der Waals surface area contributed by atoms with Gasteiger partial charge in [-0.2, -0.15) is 0 Å². The highest BCUT2D eigenvalue weighted by Gasteiger charge is 2.50. The molecule has 2 fully saturated rings.